The van der Waals surface area contributed by atoms with Gasteiger partial charge in [-0.25, -0.2) is 0 Å². The zero-order chi connectivity index (χ0) is 12.5. The second-order valence-corrected chi connectivity index (χ2v) is 4.96. The highest BCUT2D eigenvalue weighted by molar-refractivity contribution is 5.99. The van der Waals surface area contributed by atoms with Gasteiger partial charge in [-0.1, -0.05) is 12.1 Å². The van der Waals surface area contributed by atoms with Gasteiger partial charge in [0.2, 0.25) is 0 Å². The number of para-hydroxylation sites is 1. The van der Waals surface area contributed by atoms with E-state index in [9.17, 15) is 4.79 Å². The van der Waals surface area contributed by atoms with Crippen molar-refractivity contribution in [1.82, 2.24) is 4.90 Å². The van der Waals surface area contributed by atoms with Gasteiger partial charge in [0.05, 0.1) is 17.8 Å². The molecule has 2 bridgehead atoms. The van der Waals surface area contributed by atoms with Crippen LogP contribution in [0, 0.1) is 0 Å². The minimum Gasteiger partial charge on any atom is -0.387 e. The van der Waals surface area contributed by atoms with Gasteiger partial charge in [-0.2, -0.15) is 0 Å². The Kier molecular flexibility index (Phi) is 2.96. The summed E-state index contributed by atoms with van der Waals surface area (Å²) in [4.78, 5) is 14.5. The summed E-state index contributed by atoms with van der Waals surface area (Å²) in [5.41, 5.74) is 1.64. The summed E-state index contributed by atoms with van der Waals surface area (Å²) in [6, 6.07) is 7.66. The summed E-state index contributed by atoms with van der Waals surface area (Å²) in [5, 5.41) is 3.07. The number of hydrogen-bond acceptors (Lipinski definition) is 3. The molecule has 0 aliphatic carbocycles. The Bertz CT molecular complexity index is 449. The van der Waals surface area contributed by atoms with Crippen LogP contribution in [0.1, 0.15) is 23.2 Å². The molecule has 1 aromatic rings. The topological polar surface area (TPSA) is 41.6 Å². The largest absolute Gasteiger partial charge is 0.387 e. The van der Waals surface area contributed by atoms with E-state index in [4.69, 9.17) is 4.74 Å². The molecule has 1 N–H and O–H groups in total. The van der Waals surface area contributed by atoms with E-state index in [1.165, 1.54) is 0 Å². The Morgan fingerprint density at radius 2 is 1.94 bits per heavy atom. The molecule has 1 amide bonds. The maximum atomic E-state index is 12.5. The van der Waals surface area contributed by atoms with Gasteiger partial charge >= 0.3 is 0 Å². The fraction of sp³-hybridized carbons (Fsp3) is 0.500. The van der Waals surface area contributed by atoms with Crippen molar-refractivity contribution in [2.24, 2.45) is 0 Å². The molecule has 2 aliphatic rings. The highest BCUT2D eigenvalue weighted by atomic mass is 16.5. The van der Waals surface area contributed by atoms with E-state index < -0.39 is 0 Å². The smallest absolute Gasteiger partial charge is 0.256 e. The molecular weight excluding hydrogens is 228 g/mol. The number of nitrogens with one attached hydrogen (secondary N) is 1. The predicted molar refractivity (Wildman–Crippen MR) is 69.8 cm³/mol. The summed E-state index contributed by atoms with van der Waals surface area (Å²) < 4.78 is 5.76. The lowest BCUT2D eigenvalue weighted by Crippen LogP contribution is -2.45. The molecule has 0 saturated carbocycles. The predicted octanol–water partition coefficient (Wildman–Crippen LogP) is 1.73. The second kappa shape index (κ2) is 4.61. The highest BCUT2D eigenvalue weighted by Crippen LogP contribution is 2.28. The zero-order valence-electron chi connectivity index (χ0n) is 10.6. The lowest BCUT2D eigenvalue weighted by Gasteiger charge is -2.32. The fourth-order valence-corrected chi connectivity index (χ4v) is 2.84. The number of likely N-dealkylation sites (tertiary alicyclic amines) is 1. The number of amides is 1. The summed E-state index contributed by atoms with van der Waals surface area (Å²) in [6.07, 6.45) is 2.66. The normalized spacial score (nSPS) is 26.2. The minimum atomic E-state index is 0.111. The van der Waals surface area contributed by atoms with Gasteiger partial charge in [0.25, 0.3) is 5.91 Å². The molecule has 2 aliphatic heterocycles. The molecule has 3 rings (SSSR count). The SMILES string of the molecule is CNc1ccccc1C(=O)N1CC2CCC(C1)O2. The van der Waals surface area contributed by atoms with Crippen LogP contribution < -0.4 is 5.32 Å². The van der Waals surface area contributed by atoms with E-state index >= 15 is 0 Å². The van der Waals surface area contributed by atoms with Crippen LogP contribution in [0.3, 0.4) is 0 Å². The van der Waals surface area contributed by atoms with Crippen LogP contribution in [-0.4, -0.2) is 43.2 Å². The van der Waals surface area contributed by atoms with Crippen molar-refractivity contribution in [3.05, 3.63) is 29.8 Å². The zero-order valence-corrected chi connectivity index (χ0v) is 10.6. The number of anilines is 1. The molecule has 0 radical (unpaired) electrons. The molecule has 4 heteroatoms. The first-order valence-electron chi connectivity index (χ1n) is 6.49. The Morgan fingerprint density at radius 3 is 2.61 bits per heavy atom. The maximum Gasteiger partial charge on any atom is 0.256 e. The number of morpholine rings is 1. The number of ether oxygens (including phenoxy) is 1. The molecule has 18 heavy (non-hydrogen) atoms. The number of carbonyl (C=O) groups excluding carboxylic acids is 1. The van der Waals surface area contributed by atoms with Gasteiger partial charge in [-0.15, -0.1) is 0 Å². The van der Waals surface area contributed by atoms with Crippen molar-refractivity contribution >= 4 is 11.6 Å². The third kappa shape index (κ3) is 1.97. The minimum absolute atomic E-state index is 0.111. The average Bonchev–Trinajstić information content (AvgIpc) is 2.76. The van der Waals surface area contributed by atoms with Gasteiger partial charge in [0, 0.05) is 25.8 Å². The van der Waals surface area contributed by atoms with Crippen LogP contribution in [0.4, 0.5) is 5.69 Å². The van der Waals surface area contributed by atoms with Gasteiger partial charge in [-0.3, -0.25) is 4.79 Å². The van der Waals surface area contributed by atoms with Crippen molar-refractivity contribution in [3.63, 3.8) is 0 Å². The van der Waals surface area contributed by atoms with E-state index in [1.807, 2.05) is 36.2 Å². The first-order valence-corrected chi connectivity index (χ1v) is 6.49. The Morgan fingerprint density at radius 1 is 1.28 bits per heavy atom. The van der Waals surface area contributed by atoms with Crippen LogP contribution in [0.15, 0.2) is 24.3 Å². The Balaban J connectivity index is 1.82. The Hall–Kier alpha value is -1.55. The molecule has 2 unspecified atom stereocenters. The first-order chi connectivity index (χ1) is 8.78. The van der Waals surface area contributed by atoms with Gasteiger partial charge in [0.15, 0.2) is 0 Å². The van der Waals surface area contributed by atoms with Crippen molar-refractivity contribution in [3.8, 4) is 0 Å². The number of fused-ring (bicyclic) bond motifs is 2. The maximum absolute atomic E-state index is 12.5. The van der Waals surface area contributed by atoms with E-state index in [0.717, 1.165) is 37.2 Å². The molecule has 1 aromatic carbocycles. The molecule has 2 fully saturated rings. The van der Waals surface area contributed by atoms with E-state index in [1.54, 1.807) is 0 Å². The van der Waals surface area contributed by atoms with Crippen LogP contribution in [0.25, 0.3) is 0 Å². The number of benzene rings is 1. The van der Waals surface area contributed by atoms with E-state index in [2.05, 4.69) is 5.32 Å². The summed E-state index contributed by atoms with van der Waals surface area (Å²) in [7, 11) is 1.84. The number of hydrogen-bond donors (Lipinski definition) is 1. The standard InChI is InChI=1S/C14H18N2O2/c1-15-13-5-3-2-4-12(13)14(17)16-8-10-6-7-11(9-16)18-10/h2-5,10-11,15H,6-9H2,1H3. The number of nitrogens with zero attached hydrogens (tertiary/aromatic N) is 1. The van der Waals surface area contributed by atoms with Crippen LogP contribution in [0.2, 0.25) is 0 Å². The van der Waals surface area contributed by atoms with Gasteiger partial charge in [-0.05, 0) is 25.0 Å². The van der Waals surface area contributed by atoms with E-state index in [0.29, 0.717) is 0 Å². The molecular formula is C14H18N2O2. The van der Waals surface area contributed by atoms with Crippen molar-refractivity contribution in [2.75, 3.05) is 25.5 Å². The summed E-state index contributed by atoms with van der Waals surface area (Å²) in [6.45, 7) is 1.46. The van der Waals surface area contributed by atoms with Crippen molar-refractivity contribution in [1.29, 1.82) is 0 Å². The van der Waals surface area contributed by atoms with Crippen molar-refractivity contribution in [2.45, 2.75) is 25.0 Å². The monoisotopic (exact) mass is 246 g/mol. The average molecular weight is 246 g/mol. The fourth-order valence-electron chi connectivity index (χ4n) is 2.84. The van der Waals surface area contributed by atoms with Crippen LogP contribution >= 0.6 is 0 Å². The third-order valence-corrected chi connectivity index (χ3v) is 3.76. The summed E-state index contributed by atoms with van der Waals surface area (Å²) >= 11 is 0. The molecule has 2 atom stereocenters. The van der Waals surface area contributed by atoms with Crippen molar-refractivity contribution < 1.29 is 9.53 Å². The van der Waals surface area contributed by atoms with Crippen LogP contribution in [0.5, 0.6) is 0 Å². The Labute approximate surface area is 107 Å². The van der Waals surface area contributed by atoms with Crippen LogP contribution in [-0.2, 0) is 4.74 Å². The molecule has 2 heterocycles. The lowest BCUT2D eigenvalue weighted by molar-refractivity contribution is -0.0303. The summed E-state index contributed by atoms with van der Waals surface area (Å²) in [5.74, 6) is 0.111. The quantitative estimate of drug-likeness (QED) is 0.864. The molecule has 4 nitrogen and oxygen atoms in total. The first kappa shape index (κ1) is 11.5. The highest BCUT2D eigenvalue weighted by Gasteiger charge is 2.36. The van der Waals surface area contributed by atoms with Gasteiger partial charge in [0.1, 0.15) is 0 Å². The number of rotatable bonds is 2. The number of carbonyl (C=O) groups is 1. The molecule has 0 aromatic heterocycles. The second-order valence-electron chi connectivity index (χ2n) is 4.96. The lowest BCUT2D eigenvalue weighted by atomic mass is 10.1. The molecule has 0 spiro atoms. The van der Waals surface area contributed by atoms with E-state index in [-0.39, 0.29) is 18.1 Å². The molecule has 2 saturated heterocycles. The molecule has 96 valence electrons. The van der Waals surface area contributed by atoms with Gasteiger partial charge < -0.3 is 15.0 Å². The third-order valence-electron chi connectivity index (χ3n) is 3.76.